The van der Waals surface area contributed by atoms with Gasteiger partial charge in [-0.1, -0.05) is 6.07 Å². The number of aromatic nitrogens is 3. The molecule has 41 heavy (non-hydrogen) atoms. The van der Waals surface area contributed by atoms with Gasteiger partial charge in [-0.05, 0) is 67.9 Å². The van der Waals surface area contributed by atoms with E-state index in [0.29, 0.717) is 29.3 Å². The molecular formula is C32H38N6O3. The Kier molecular flexibility index (Phi) is 5.66. The first-order valence-corrected chi connectivity index (χ1v) is 15.0. The van der Waals surface area contributed by atoms with E-state index >= 15 is 0 Å². The van der Waals surface area contributed by atoms with Crippen LogP contribution in [0.15, 0.2) is 36.4 Å². The number of piperidine rings is 1. The fourth-order valence-corrected chi connectivity index (χ4v) is 7.44. The van der Waals surface area contributed by atoms with E-state index in [-0.39, 0.29) is 18.0 Å². The highest BCUT2D eigenvalue weighted by molar-refractivity contribution is 6.00. The largest absolute Gasteiger partial charge is 0.494 e. The summed E-state index contributed by atoms with van der Waals surface area (Å²) in [5.41, 5.74) is 12.3. The zero-order valence-corrected chi connectivity index (χ0v) is 24.0. The predicted octanol–water partition coefficient (Wildman–Crippen LogP) is 4.01. The maximum Gasteiger partial charge on any atom is 0.254 e. The Morgan fingerprint density at radius 2 is 1.88 bits per heavy atom. The molecule has 2 aliphatic carbocycles. The molecular weight excluding hydrogens is 516 g/mol. The number of nitrogens with zero attached hydrogens (tertiary/aromatic N) is 5. The van der Waals surface area contributed by atoms with Crippen LogP contribution in [0.25, 0.3) is 33.5 Å². The molecule has 2 saturated heterocycles. The van der Waals surface area contributed by atoms with Crippen molar-refractivity contribution in [2.24, 2.45) is 24.6 Å². The van der Waals surface area contributed by atoms with Crippen LogP contribution in [0, 0.1) is 11.8 Å². The zero-order chi connectivity index (χ0) is 28.0. The summed E-state index contributed by atoms with van der Waals surface area (Å²) in [6, 6.07) is 13.1. The normalized spacial score (nSPS) is 24.1. The van der Waals surface area contributed by atoms with Crippen LogP contribution in [-0.4, -0.2) is 77.0 Å². The molecule has 0 radical (unpaired) electrons. The second-order valence-corrected chi connectivity index (χ2v) is 12.6. The number of aryl methyl sites for hydroxylation is 1. The van der Waals surface area contributed by atoms with E-state index in [0.717, 1.165) is 61.6 Å². The number of nitrogens with two attached hydrogens (primary N) is 1. The average molecular weight is 555 g/mol. The van der Waals surface area contributed by atoms with Gasteiger partial charge in [0.25, 0.3) is 5.91 Å². The van der Waals surface area contributed by atoms with Gasteiger partial charge in [0, 0.05) is 69.1 Å². The molecule has 9 heteroatoms. The van der Waals surface area contributed by atoms with E-state index in [4.69, 9.17) is 20.2 Å². The number of carbonyl (C=O) groups is 1. The van der Waals surface area contributed by atoms with Crippen molar-refractivity contribution in [1.29, 1.82) is 0 Å². The summed E-state index contributed by atoms with van der Waals surface area (Å²) in [6.07, 6.45) is 4.95. The van der Waals surface area contributed by atoms with Gasteiger partial charge in [-0.2, -0.15) is 0 Å². The molecule has 214 valence electrons. The van der Waals surface area contributed by atoms with Crippen molar-refractivity contribution in [1.82, 2.24) is 19.0 Å². The molecule has 3 atom stereocenters. The molecule has 1 amide bonds. The number of likely N-dealkylation sites (tertiary alicyclic amines) is 1. The Morgan fingerprint density at radius 1 is 1.05 bits per heavy atom. The third-order valence-electron chi connectivity index (χ3n) is 10.1. The van der Waals surface area contributed by atoms with Crippen LogP contribution in [0.1, 0.15) is 36.0 Å². The first kappa shape index (κ1) is 25.2. The number of imidazole rings is 1. The second kappa shape index (κ2) is 9.22. The van der Waals surface area contributed by atoms with Gasteiger partial charge in [-0.25, -0.2) is 4.98 Å². The lowest BCUT2D eigenvalue weighted by Crippen LogP contribution is -2.51. The van der Waals surface area contributed by atoms with Gasteiger partial charge in [0.1, 0.15) is 11.3 Å². The predicted molar refractivity (Wildman–Crippen MR) is 159 cm³/mol. The number of benzene rings is 2. The SMILES string of the molecule is COc1cc(C(=O)N2CC3CCC2[C@@H]3N)cc2nc(-c3cc4ccc(N5CC(OC)C5)cc4n3CC3CC3)n(C)c12. The minimum Gasteiger partial charge on any atom is -0.494 e. The first-order valence-electron chi connectivity index (χ1n) is 15.0. The van der Waals surface area contributed by atoms with Gasteiger partial charge in [-0.15, -0.1) is 0 Å². The highest BCUT2D eigenvalue weighted by atomic mass is 16.5. The molecule has 0 spiro atoms. The highest BCUT2D eigenvalue weighted by Gasteiger charge is 2.47. The highest BCUT2D eigenvalue weighted by Crippen LogP contribution is 2.41. The van der Waals surface area contributed by atoms with E-state index in [9.17, 15) is 4.79 Å². The van der Waals surface area contributed by atoms with Gasteiger partial charge in [0.2, 0.25) is 0 Å². The quantitative estimate of drug-likeness (QED) is 0.371. The van der Waals surface area contributed by atoms with Gasteiger partial charge in [0.15, 0.2) is 5.82 Å². The summed E-state index contributed by atoms with van der Waals surface area (Å²) >= 11 is 0. The average Bonchev–Trinajstić information content (AvgIpc) is 3.36. The maximum atomic E-state index is 13.7. The Balaban J connectivity index is 1.21. The van der Waals surface area contributed by atoms with Crippen molar-refractivity contribution >= 4 is 33.5 Å². The monoisotopic (exact) mass is 554 g/mol. The van der Waals surface area contributed by atoms with E-state index < -0.39 is 0 Å². The number of amides is 1. The van der Waals surface area contributed by atoms with Gasteiger partial charge < -0.3 is 34.1 Å². The van der Waals surface area contributed by atoms with E-state index in [1.807, 2.05) is 24.1 Å². The summed E-state index contributed by atoms with van der Waals surface area (Å²) < 4.78 is 15.9. The second-order valence-electron chi connectivity index (χ2n) is 12.6. The third-order valence-corrected chi connectivity index (χ3v) is 10.1. The van der Waals surface area contributed by atoms with Crippen LogP contribution in [0.5, 0.6) is 5.75 Å². The summed E-state index contributed by atoms with van der Waals surface area (Å²) in [7, 11) is 5.50. The molecule has 4 heterocycles. The topological polar surface area (TPSA) is 90.8 Å². The number of fused-ring (bicyclic) bond motifs is 4. The third kappa shape index (κ3) is 3.89. The van der Waals surface area contributed by atoms with E-state index in [1.165, 1.54) is 29.4 Å². The fourth-order valence-electron chi connectivity index (χ4n) is 7.44. The van der Waals surface area contributed by atoms with Gasteiger partial charge >= 0.3 is 0 Å². The van der Waals surface area contributed by atoms with Crippen molar-refractivity contribution < 1.29 is 14.3 Å². The van der Waals surface area contributed by atoms with Crippen LogP contribution >= 0.6 is 0 Å². The number of rotatable bonds is 7. The van der Waals surface area contributed by atoms with Gasteiger partial charge in [0.05, 0.1) is 29.9 Å². The van der Waals surface area contributed by atoms with E-state index in [1.54, 1.807) is 14.2 Å². The molecule has 2 N–H and O–H groups in total. The zero-order valence-electron chi connectivity index (χ0n) is 24.0. The molecule has 2 saturated carbocycles. The Bertz CT molecular complexity index is 1680. The first-order chi connectivity index (χ1) is 19.9. The summed E-state index contributed by atoms with van der Waals surface area (Å²) in [5, 5.41) is 1.21. The molecule has 2 aromatic carbocycles. The van der Waals surface area contributed by atoms with Crippen molar-refractivity contribution in [3.63, 3.8) is 0 Å². The number of hydrogen-bond donors (Lipinski definition) is 1. The molecule has 4 fully saturated rings. The molecule has 2 bridgehead atoms. The molecule has 9 nitrogen and oxygen atoms in total. The number of carbonyl (C=O) groups excluding carboxylic acids is 1. The molecule has 4 aromatic rings. The smallest absolute Gasteiger partial charge is 0.254 e. The maximum absolute atomic E-state index is 13.7. The van der Waals surface area contributed by atoms with E-state index in [2.05, 4.69) is 38.3 Å². The number of hydrogen-bond acceptors (Lipinski definition) is 6. The molecule has 4 aliphatic rings. The Hall–Kier alpha value is -3.56. The number of anilines is 1. The van der Waals surface area contributed by atoms with Crippen LogP contribution in [0.2, 0.25) is 0 Å². The lowest BCUT2D eigenvalue weighted by Gasteiger charge is -2.40. The standard InChI is InChI=1S/C32H38N6O3/c1-35-30-24(10-21(12-28(30)41-3)32(39)38-15-20-7-9-25(38)29(20)33)34-31(35)27-11-19-6-8-22(36-16-23(17-36)40-2)13-26(19)37(27)14-18-4-5-18/h6,8,10-13,18,20,23,25,29H,4-5,7,9,14-17,33H2,1-3H3/t20?,25?,29-/m1/s1. The summed E-state index contributed by atoms with van der Waals surface area (Å²) in [5.74, 6) is 2.68. The van der Waals surface area contributed by atoms with Crippen molar-refractivity contribution in [2.45, 2.75) is 50.4 Å². The fraction of sp³-hybridized carbons (Fsp3) is 0.500. The molecule has 2 aromatic heterocycles. The van der Waals surface area contributed by atoms with Gasteiger partial charge in [-0.3, -0.25) is 4.79 Å². The summed E-state index contributed by atoms with van der Waals surface area (Å²) in [4.78, 5) is 23.2. The molecule has 2 aliphatic heterocycles. The molecule has 2 unspecified atom stereocenters. The minimum absolute atomic E-state index is 0.0251. The van der Waals surface area contributed by atoms with Crippen LogP contribution in [-0.2, 0) is 18.3 Å². The lowest BCUT2D eigenvalue weighted by molar-refractivity contribution is 0.0700. The van der Waals surface area contributed by atoms with Crippen LogP contribution < -0.4 is 15.4 Å². The Morgan fingerprint density at radius 3 is 2.56 bits per heavy atom. The molecule has 8 rings (SSSR count). The minimum atomic E-state index is 0.0251. The van der Waals surface area contributed by atoms with Crippen molar-refractivity contribution in [2.75, 3.05) is 38.8 Å². The lowest BCUT2D eigenvalue weighted by atomic mass is 10.1. The summed E-state index contributed by atoms with van der Waals surface area (Å²) in [6.45, 7) is 3.57. The van der Waals surface area contributed by atoms with Crippen LogP contribution in [0.4, 0.5) is 5.69 Å². The van der Waals surface area contributed by atoms with Crippen LogP contribution in [0.3, 0.4) is 0 Å². The van der Waals surface area contributed by atoms with Crippen molar-refractivity contribution in [3.8, 4) is 17.3 Å². The number of methoxy groups -OCH3 is 2. The Labute approximate surface area is 239 Å². The number of ether oxygens (including phenoxy) is 2. The van der Waals surface area contributed by atoms with Crippen molar-refractivity contribution in [3.05, 3.63) is 42.0 Å².